The fraction of sp³-hybridized carbons (Fsp3) is 0.562. The van der Waals surface area contributed by atoms with Gasteiger partial charge in [-0.1, -0.05) is 0 Å². The highest BCUT2D eigenvalue weighted by atomic mass is 32.2. The summed E-state index contributed by atoms with van der Waals surface area (Å²) in [5.74, 6) is 0.142. The van der Waals surface area contributed by atoms with Crippen LogP contribution in [-0.4, -0.2) is 62.5 Å². The first kappa shape index (κ1) is 18.3. The molecule has 0 aliphatic carbocycles. The van der Waals surface area contributed by atoms with Gasteiger partial charge in [0.05, 0.1) is 28.7 Å². The van der Waals surface area contributed by atoms with Crippen LogP contribution in [0, 0.1) is 5.92 Å². The normalized spacial score (nSPS) is 27.8. The molecule has 25 heavy (non-hydrogen) atoms. The molecule has 2 N–H and O–H groups in total. The topological polar surface area (TPSA) is 91.0 Å². The SMILES string of the molecule is COc1ccc[n+](CCSC2SC3[C@@H](CCO)C(=O)N3C2C(=O)O)c1. The molecule has 7 nitrogen and oxygen atoms in total. The minimum Gasteiger partial charge on any atom is -0.491 e. The highest BCUT2D eigenvalue weighted by Crippen LogP contribution is 2.51. The third-order valence-corrected chi connectivity index (χ3v) is 7.52. The van der Waals surface area contributed by atoms with Crippen LogP contribution >= 0.6 is 23.5 Å². The van der Waals surface area contributed by atoms with Crippen molar-refractivity contribution in [3.8, 4) is 5.75 Å². The number of methoxy groups -OCH3 is 1. The number of β-lactam (4-membered cyclic amide) rings is 1. The molecule has 0 aromatic carbocycles. The molecular formula is C16H21N2O5S2+. The van der Waals surface area contributed by atoms with E-state index >= 15 is 0 Å². The number of rotatable bonds is 8. The number of ether oxygens (including phenoxy) is 1. The first-order valence-corrected chi connectivity index (χ1v) is 10.0. The summed E-state index contributed by atoms with van der Waals surface area (Å²) >= 11 is 3.10. The van der Waals surface area contributed by atoms with E-state index < -0.39 is 12.0 Å². The van der Waals surface area contributed by atoms with Crippen LogP contribution in [0.15, 0.2) is 24.5 Å². The van der Waals surface area contributed by atoms with Gasteiger partial charge >= 0.3 is 5.97 Å². The largest absolute Gasteiger partial charge is 0.491 e. The quantitative estimate of drug-likeness (QED) is 0.495. The summed E-state index contributed by atoms with van der Waals surface area (Å²) in [5, 5.41) is 18.5. The maximum atomic E-state index is 12.2. The maximum Gasteiger partial charge on any atom is 0.328 e. The van der Waals surface area contributed by atoms with Gasteiger partial charge in [-0.25, -0.2) is 9.36 Å². The van der Waals surface area contributed by atoms with Gasteiger partial charge in [0.2, 0.25) is 12.1 Å². The first-order chi connectivity index (χ1) is 12.1. The van der Waals surface area contributed by atoms with Crippen molar-refractivity contribution < 1.29 is 29.1 Å². The number of aliphatic hydroxyl groups is 1. The van der Waals surface area contributed by atoms with Gasteiger partial charge in [-0.2, -0.15) is 0 Å². The third kappa shape index (κ3) is 3.58. The number of amides is 1. The van der Waals surface area contributed by atoms with E-state index in [-0.39, 0.29) is 28.4 Å². The molecular weight excluding hydrogens is 364 g/mol. The summed E-state index contributed by atoms with van der Waals surface area (Å²) in [6.45, 7) is 0.674. The van der Waals surface area contributed by atoms with E-state index in [1.807, 2.05) is 29.1 Å². The van der Waals surface area contributed by atoms with Crippen molar-refractivity contribution >= 4 is 35.4 Å². The lowest BCUT2D eigenvalue weighted by Crippen LogP contribution is -2.61. The van der Waals surface area contributed by atoms with E-state index in [4.69, 9.17) is 9.84 Å². The van der Waals surface area contributed by atoms with Gasteiger partial charge < -0.3 is 19.8 Å². The van der Waals surface area contributed by atoms with Crippen molar-refractivity contribution in [1.29, 1.82) is 0 Å². The molecule has 2 saturated heterocycles. The van der Waals surface area contributed by atoms with Crippen LogP contribution in [0.2, 0.25) is 0 Å². The number of fused-ring (bicyclic) bond motifs is 1. The van der Waals surface area contributed by atoms with Gasteiger partial charge in [-0.3, -0.25) is 4.79 Å². The Labute approximate surface area is 154 Å². The molecule has 0 bridgehead atoms. The number of carbonyl (C=O) groups is 2. The number of carboxylic acid groups (broad SMARTS) is 1. The Kier molecular flexibility index (Phi) is 5.75. The number of pyridine rings is 1. The van der Waals surface area contributed by atoms with E-state index in [1.165, 1.54) is 16.7 Å². The number of aliphatic carboxylic acids is 1. The van der Waals surface area contributed by atoms with Gasteiger partial charge in [0.15, 0.2) is 24.5 Å². The predicted molar refractivity (Wildman–Crippen MR) is 94.3 cm³/mol. The molecule has 136 valence electrons. The van der Waals surface area contributed by atoms with Gasteiger partial charge in [0.1, 0.15) is 0 Å². The lowest BCUT2D eigenvalue weighted by molar-refractivity contribution is -0.692. The molecule has 0 radical (unpaired) electrons. The smallest absolute Gasteiger partial charge is 0.328 e. The minimum atomic E-state index is -0.961. The molecule has 0 saturated carbocycles. The molecule has 2 aliphatic rings. The average molecular weight is 385 g/mol. The number of aromatic nitrogens is 1. The van der Waals surface area contributed by atoms with E-state index in [1.54, 1.807) is 18.9 Å². The molecule has 0 spiro atoms. The molecule has 1 aromatic rings. The number of aryl methyl sites for hydroxylation is 1. The summed E-state index contributed by atoms with van der Waals surface area (Å²) in [6.07, 6.45) is 4.23. The number of carbonyl (C=O) groups excluding carboxylic acids is 1. The summed E-state index contributed by atoms with van der Waals surface area (Å²) < 4.78 is 6.99. The van der Waals surface area contributed by atoms with Crippen LogP contribution < -0.4 is 9.30 Å². The fourth-order valence-corrected chi connectivity index (χ4v) is 6.55. The number of carboxylic acids is 1. The second-order valence-corrected chi connectivity index (χ2v) is 8.71. The number of aliphatic hydroxyl groups excluding tert-OH is 1. The number of hydrogen-bond donors (Lipinski definition) is 2. The Morgan fingerprint density at radius 2 is 2.32 bits per heavy atom. The molecule has 3 rings (SSSR count). The molecule has 3 unspecified atom stereocenters. The molecule has 1 aromatic heterocycles. The van der Waals surface area contributed by atoms with Crippen LogP contribution in [0.5, 0.6) is 5.75 Å². The zero-order chi connectivity index (χ0) is 18.0. The lowest BCUT2D eigenvalue weighted by atomic mass is 9.93. The predicted octanol–water partition coefficient (Wildman–Crippen LogP) is 0.409. The van der Waals surface area contributed by atoms with Crippen molar-refractivity contribution in [3.63, 3.8) is 0 Å². The highest BCUT2D eigenvalue weighted by molar-refractivity contribution is 8.17. The zero-order valence-electron chi connectivity index (χ0n) is 13.8. The Hall–Kier alpha value is -1.45. The van der Waals surface area contributed by atoms with Crippen molar-refractivity contribution in [1.82, 2.24) is 4.90 Å². The lowest BCUT2D eigenvalue weighted by Gasteiger charge is -2.43. The minimum absolute atomic E-state index is 0.0522. The Balaban J connectivity index is 1.59. The number of thioether (sulfide) groups is 2. The van der Waals surface area contributed by atoms with Crippen LogP contribution in [0.3, 0.4) is 0 Å². The van der Waals surface area contributed by atoms with E-state index in [2.05, 4.69) is 0 Å². The molecule has 9 heteroatoms. The van der Waals surface area contributed by atoms with Crippen molar-refractivity contribution in [2.24, 2.45) is 5.92 Å². The van der Waals surface area contributed by atoms with E-state index in [9.17, 15) is 14.7 Å². The zero-order valence-corrected chi connectivity index (χ0v) is 15.4. The summed E-state index contributed by atoms with van der Waals surface area (Å²) in [5.41, 5.74) is 0. The van der Waals surface area contributed by atoms with Crippen molar-refractivity contribution in [2.45, 2.75) is 29.0 Å². The molecule has 2 aliphatic heterocycles. The van der Waals surface area contributed by atoms with Crippen molar-refractivity contribution in [3.05, 3.63) is 24.5 Å². The van der Waals surface area contributed by atoms with Crippen LogP contribution in [0.25, 0.3) is 0 Å². The summed E-state index contributed by atoms with van der Waals surface area (Å²) in [6, 6.07) is 2.98. The number of nitrogens with zero attached hydrogens (tertiary/aromatic N) is 2. The Bertz CT molecular complexity index is 659. The second kappa shape index (κ2) is 7.84. The summed E-state index contributed by atoms with van der Waals surface area (Å²) in [7, 11) is 1.62. The Morgan fingerprint density at radius 1 is 1.52 bits per heavy atom. The van der Waals surface area contributed by atoms with E-state index in [0.717, 1.165) is 18.0 Å². The second-order valence-electron chi connectivity index (χ2n) is 5.89. The van der Waals surface area contributed by atoms with Crippen LogP contribution in [-0.2, 0) is 16.1 Å². The van der Waals surface area contributed by atoms with Gasteiger partial charge in [0.25, 0.3) is 0 Å². The summed E-state index contributed by atoms with van der Waals surface area (Å²) in [4.78, 5) is 25.3. The molecule has 3 heterocycles. The van der Waals surface area contributed by atoms with E-state index in [0.29, 0.717) is 6.42 Å². The molecule has 2 fully saturated rings. The average Bonchev–Trinajstić information content (AvgIpc) is 2.95. The number of hydrogen-bond acceptors (Lipinski definition) is 6. The van der Waals surface area contributed by atoms with Crippen LogP contribution in [0.4, 0.5) is 0 Å². The molecule has 1 amide bonds. The first-order valence-electron chi connectivity index (χ1n) is 8.03. The fourth-order valence-electron chi connectivity index (χ4n) is 3.15. The Morgan fingerprint density at radius 3 is 3.00 bits per heavy atom. The monoisotopic (exact) mass is 385 g/mol. The molecule has 4 atom stereocenters. The highest BCUT2D eigenvalue weighted by Gasteiger charge is 2.60. The maximum absolute atomic E-state index is 12.2. The van der Waals surface area contributed by atoms with Crippen LogP contribution in [0.1, 0.15) is 6.42 Å². The van der Waals surface area contributed by atoms with Crippen molar-refractivity contribution in [2.75, 3.05) is 19.5 Å². The van der Waals surface area contributed by atoms with Gasteiger partial charge in [0, 0.05) is 12.7 Å². The van der Waals surface area contributed by atoms with Gasteiger partial charge in [-0.15, -0.1) is 23.5 Å². The standard InChI is InChI=1S/C16H20N2O5S2/c1-23-10-3-2-5-17(9-10)6-8-24-16-12(15(21)22)18-13(20)11(4-7-19)14(18)25-16/h2-3,5,9,11-12,14,16,19H,4,6-8H2,1H3/p+1/t11-,12?,14?,16?/m0/s1. The van der Waals surface area contributed by atoms with Gasteiger partial charge in [-0.05, 0) is 12.5 Å². The third-order valence-electron chi connectivity index (χ3n) is 4.41.